The highest BCUT2D eigenvalue weighted by atomic mass is 15.1. The minimum atomic E-state index is 0.840. The van der Waals surface area contributed by atoms with Crippen molar-refractivity contribution >= 4 is 0 Å². The average molecular weight is 252 g/mol. The van der Waals surface area contributed by atoms with Gasteiger partial charge in [-0.05, 0) is 51.1 Å². The Morgan fingerprint density at radius 2 is 1.67 bits per heavy atom. The molecular formula is C16H32N2. The molecule has 0 spiro atoms. The largest absolute Gasteiger partial charge is 0.315 e. The molecule has 2 nitrogen and oxygen atoms in total. The van der Waals surface area contributed by atoms with Crippen LogP contribution in [0.5, 0.6) is 0 Å². The minimum Gasteiger partial charge on any atom is -0.315 e. The highest BCUT2D eigenvalue weighted by molar-refractivity contribution is 4.79. The third-order valence-electron chi connectivity index (χ3n) is 5.18. The molecule has 2 heteroatoms. The van der Waals surface area contributed by atoms with Crippen molar-refractivity contribution in [2.45, 2.75) is 64.3 Å². The molecule has 18 heavy (non-hydrogen) atoms. The van der Waals surface area contributed by atoms with E-state index < -0.39 is 0 Å². The summed E-state index contributed by atoms with van der Waals surface area (Å²) in [6.45, 7) is 6.10. The lowest BCUT2D eigenvalue weighted by Crippen LogP contribution is -2.42. The monoisotopic (exact) mass is 252 g/mol. The Morgan fingerprint density at radius 1 is 1.00 bits per heavy atom. The van der Waals surface area contributed by atoms with Crippen LogP contribution in [-0.4, -0.2) is 37.6 Å². The third-order valence-corrected chi connectivity index (χ3v) is 5.18. The first-order valence-electron chi connectivity index (χ1n) is 8.18. The molecule has 2 aliphatic rings. The first kappa shape index (κ1) is 14.3. The Balaban J connectivity index is 1.57. The van der Waals surface area contributed by atoms with E-state index in [0.29, 0.717) is 0 Å². The lowest BCUT2D eigenvalue weighted by molar-refractivity contribution is 0.140. The van der Waals surface area contributed by atoms with Crippen molar-refractivity contribution < 1.29 is 0 Å². The van der Waals surface area contributed by atoms with Gasteiger partial charge in [-0.25, -0.2) is 0 Å². The van der Waals surface area contributed by atoms with Crippen molar-refractivity contribution in [2.75, 3.05) is 26.7 Å². The summed E-state index contributed by atoms with van der Waals surface area (Å²) in [6, 6.07) is 0.840. The van der Waals surface area contributed by atoms with Crippen LogP contribution in [0, 0.1) is 11.8 Å². The van der Waals surface area contributed by atoms with Crippen molar-refractivity contribution in [3.63, 3.8) is 0 Å². The molecule has 0 aromatic rings. The number of hydrogen-bond acceptors (Lipinski definition) is 2. The fourth-order valence-electron chi connectivity index (χ4n) is 3.89. The topological polar surface area (TPSA) is 15.3 Å². The summed E-state index contributed by atoms with van der Waals surface area (Å²) in [5.41, 5.74) is 0. The van der Waals surface area contributed by atoms with Gasteiger partial charge in [0.25, 0.3) is 0 Å². The van der Waals surface area contributed by atoms with E-state index in [1.165, 1.54) is 71.0 Å². The summed E-state index contributed by atoms with van der Waals surface area (Å²) in [5.74, 6) is 1.88. The molecule has 1 N–H and O–H groups in total. The molecule has 0 amide bonds. The molecule has 2 atom stereocenters. The second-order valence-electron chi connectivity index (χ2n) is 6.66. The maximum Gasteiger partial charge on any atom is 0.0118 e. The molecule has 2 saturated carbocycles. The maximum atomic E-state index is 3.67. The molecule has 0 aromatic carbocycles. The third kappa shape index (κ3) is 4.24. The Labute approximate surface area is 114 Å². The zero-order valence-electron chi connectivity index (χ0n) is 12.5. The van der Waals surface area contributed by atoms with Gasteiger partial charge in [-0.2, -0.15) is 0 Å². The van der Waals surface area contributed by atoms with Gasteiger partial charge in [-0.15, -0.1) is 0 Å². The van der Waals surface area contributed by atoms with Gasteiger partial charge in [-0.1, -0.05) is 32.6 Å². The average Bonchev–Trinajstić information content (AvgIpc) is 2.88. The van der Waals surface area contributed by atoms with Gasteiger partial charge in [0, 0.05) is 19.1 Å². The summed E-state index contributed by atoms with van der Waals surface area (Å²) >= 11 is 0. The van der Waals surface area contributed by atoms with Crippen LogP contribution >= 0.6 is 0 Å². The number of nitrogens with one attached hydrogen (secondary N) is 1. The molecule has 0 heterocycles. The second kappa shape index (κ2) is 7.49. The molecule has 0 aliphatic heterocycles. The van der Waals surface area contributed by atoms with Gasteiger partial charge in [0.15, 0.2) is 0 Å². The van der Waals surface area contributed by atoms with E-state index in [0.717, 1.165) is 17.9 Å². The van der Waals surface area contributed by atoms with Crippen LogP contribution in [-0.2, 0) is 0 Å². The Kier molecular flexibility index (Phi) is 5.97. The summed E-state index contributed by atoms with van der Waals surface area (Å²) in [7, 11) is 2.32. The van der Waals surface area contributed by atoms with E-state index >= 15 is 0 Å². The Bertz CT molecular complexity index is 223. The number of nitrogens with zero attached hydrogens (tertiary/aromatic N) is 1. The Morgan fingerprint density at radius 3 is 2.39 bits per heavy atom. The van der Waals surface area contributed by atoms with Gasteiger partial charge in [0.1, 0.15) is 0 Å². The van der Waals surface area contributed by atoms with E-state index in [1.807, 2.05) is 0 Å². The van der Waals surface area contributed by atoms with Crippen LogP contribution in [0.3, 0.4) is 0 Å². The molecule has 2 aliphatic carbocycles. The van der Waals surface area contributed by atoms with Gasteiger partial charge >= 0.3 is 0 Å². The second-order valence-corrected chi connectivity index (χ2v) is 6.66. The molecular weight excluding hydrogens is 220 g/mol. The van der Waals surface area contributed by atoms with Crippen LogP contribution < -0.4 is 5.32 Å². The van der Waals surface area contributed by atoms with Crippen LogP contribution in [0.25, 0.3) is 0 Å². The molecule has 0 radical (unpaired) electrons. The number of likely N-dealkylation sites (N-methyl/N-ethyl adjacent to an activating group) is 1. The van der Waals surface area contributed by atoms with Crippen molar-refractivity contribution in [3.05, 3.63) is 0 Å². The van der Waals surface area contributed by atoms with Crippen molar-refractivity contribution in [3.8, 4) is 0 Å². The van der Waals surface area contributed by atoms with E-state index in [9.17, 15) is 0 Å². The van der Waals surface area contributed by atoms with Crippen LogP contribution in [0.4, 0.5) is 0 Å². The summed E-state index contributed by atoms with van der Waals surface area (Å²) in [6.07, 6.45) is 11.6. The Hall–Kier alpha value is -0.0800. The quantitative estimate of drug-likeness (QED) is 0.730. The lowest BCUT2D eigenvalue weighted by atomic mass is 9.85. The van der Waals surface area contributed by atoms with Crippen molar-refractivity contribution in [1.29, 1.82) is 0 Å². The molecule has 2 fully saturated rings. The number of rotatable bonds is 6. The fourth-order valence-corrected chi connectivity index (χ4v) is 3.89. The zero-order valence-corrected chi connectivity index (χ0v) is 12.5. The summed E-state index contributed by atoms with van der Waals surface area (Å²) in [5, 5.41) is 3.67. The molecule has 0 bridgehead atoms. The van der Waals surface area contributed by atoms with Gasteiger partial charge < -0.3 is 10.2 Å². The SMILES string of the molecule is CC1CCCCC1N(C)CCNCC1CCCC1. The van der Waals surface area contributed by atoms with Crippen molar-refractivity contribution in [2.24, 2.45) is 11.8 Å². The van der Waals surface area contributed by atoms with Gasteiger partial charge in [-0.3, -0.25) is 0 Å². The van der Waals surface area contributed by atoms with Crippen LogP contribution in [0.2, 0.25) is 0 Å². The van der Waals surface area contributed by atoms with Gasteiger partial charge in [0.05, 0.1) is 0 Å². The summed E-state index contributed by atoms with van der Waals surface area (Å²) < 4.78 is 0. The molecule has 0 aromatic heterocycles. The first-order chi connectivity index (χ1) is 8.77. The molecule has 106 valence electrons. The highest BCUT2D eigenvalue weighted by Gasteiger charge is 2.24. The van der Waals surface area contributed by atoms with Crippen LogP contribution in [0.15, 0.2) is 0 Å². The van der Waals surface area contributed by atoms with E-state index in [-0.39, 0.29) is 0 Å². The number of hydrogen-bond donors (Lipinski definition) is 1. The smallest absolute Gasteiger partial charge is 0.0118 e. The zero-order chi connectivity index (χ0) is 12.8. The predicted molar refractivity (Wildman–Crippen MR) is 78.9 cm³/mol. The normalized spacial score (nSPS) is 30.2. The van der Waals surface area contributed by atoms with Crippen molar-refractivity contribution in [1.82, 2.24) is 10.2 Å². The highest BCUT2D eigenvalue weighted by Crippen LogP contribution is 2.27. The van der Waals surface area contributed by atoms with E-state index in [4.69, 9.17) is 0 Å². The standard InChI is InChI=1S/C16H32N2/c1-14-7-3-6-10-16(14)18(2)12-11-17-13-15-8-4-5-9-15/h14-17H,3-13H2,1-2H3. The summed E-state index contributed by atoms with van der Waals surface area (Å²) in [4.78, 5) is 2.60. The van der Waals surface area contributed by atoms with Gasteiger partial charge in [0.2, 0.25) is 0 Å². The minimum absolute atomic E-state index is 0.840. The van der Waals surface area contributed by atoms with E-state index in [1.54, 1.807) is 0 Å². The molecule has 2 rings (SSSR count). The maximum absolute atomic E-state index is 3.67. The van der Waals surface area contributed by atoms with E-state index in [2.05, 4.69) is 24.2 Å². The fraction of sp³-hybridized carbons (Fsp3) is 1.00. The molecule has 2 unspecified atom stereocenters. The predicted octanol–water partition coefficient (Wildman–Crippen LogP) is 3.28. The molecule has 0 saturated heterocycles. The van der Waals surface area contributed by atoms with Crippen LogP contribution in [0.1, 0.15) is 58.3 Å². The lowest BCUT2D eigenvalue weighted by Gasteiger charge is -2.36. The first-order valence-corrected chi connectivity index (χ1v) is 8.18.